The highest BCUT2D eigenvalue weighted by Crippen LogP contribution is 2.25. The molecule has 1 N–H and O–H groups in total. The minimum absolute atomic E-state index is 0.0106. The number of amides is 1. The van der Waals surface area contributed by atoms with Crippen LogP contribution in [0.5, 0.6) is 0 Å². The van der Waals surface area contributed by atoms with Gasteiger partial charge in [-0.3, -0.25) is 4.79 Å². The molecule has 0 aliphatic heterocycles. The molecule has 0 radical (unpaired) electrons. The predicted octanol–water partition coefficient (Wildman–Crippen LogP) is 6.16. The average molecular weight is 382 g/mol. The van der Waals surface area contributed by atoms with Crippen LogP contribution in [0, 0.1) is 0 Å². The van der Waals surface area contributed by atoms with Crippen LogP contribution in [-0.2, 0) is 16.0 Å². The first-order valence-electron chi connectivity index (χ1n) is 7.68. The van der Waals surface area contributed by atoms with Crippen molar-refractivity contribution in [2.24, 2.45) is 0 Å². The Kier molecular flexibility index (Phi) is 6.62. The van der Waals surface area contributed by atoms with E-state index in [-0.39, 0.29) is 11.3 Å². The van der Waals surface area contributed by atoms with E-state index in [1.165, 1.54) is 5.56 Å². The number of rotatable bonds is 5. The van der Waals surface area contributed by atoms with Gasteiger partial charge in [-0.2, -0.15) is 0 Å². The molecule has 0 fully saturated rings. The minimum atomic E-state index is -0.0106. The molecule has 2 aromatic carbocycles. The summed E-state index contributed by atoms with van der Waals surface area (Å²) in [5.74, 6) is 1.10. The SMILES string of the molecule is CC(C)(C)c1ccc(NC(=O)CSCc2ccc(Cl)c(Cl)c2)cc1. The Labute approximate surface area is 157 Å². The molecule has 24 heavy (non-hydrogen) atoms. The summed E-state index contributed by atoms with van der Waals surface area (Å²) in [5, 5.41) is 4.00. The number of anilines is 1. The fraction of sp³-hybridized carbons (Fsp3) is 0.316. The number of carbonyl (C=O) groups is 1. The van der Waals surface area contributed by atoms with Gasteiger partial charge in [0, 0.05) is 11.4 Å². The maximum atomic E-state index is 12.0. The van der Waals surface area contributed by atoms with Gasteiger partial charge >= 0.3 is 0 Å². The van der Waals surface area contributed by atoms with Gasteiger partial charge < -0.3 is 5.32 Å². The zero-order valence-electron chi connectivity index (χ0n) is 14.0. The second-order valence-electron chi connectivity index (χ2n) is 6.62. The Balaban J connectivity index is 1.81. The number of thioether (sulfide) groups is 1. The Hall–Kier alpha value is -1.16. The third-order valence-corrected chi connectivity index (χ3v) is 5.26. The van der Waals surface area contributed by atoms with Crippen LogP contribution in [0.25, 0.3) is 0 Å². The molecule has 5 heteroatoms. The van der Waals surface area contributed by atoms with Crippen LogP contribution >= 0.6 is 35.0 Å². The highest BCUT2D eigenvalue weighted by atomic mass is 35.5. The minimum Gasteiger partial charge on any atom is -0.325 e. The maximum absolute atomic E-state index is 12.0. The molecular weight excluding hydrogens is 361 g/mol. The third-order valence-electron chi connectivity index (χ3n) is 3.52. The first kappa shape index (κ1) is 19.2. The molecule has 0 bridgehead atoms. The first-order chi connectivity index (χ1) is 11.3. The van der Waals surface area contributed by atoms with Crippen molar-refractivity contribution in [2.45, 2.75) is 31.9 Å². The molecule has 0 spiro atoms. The van der Waals surface area contributed by atoms with E-state index in [2.05, 4.69) is 38.2 Å². The number of hydrogen-bond acceptors (Lipinski definition) is 2. The lowest BCUT2D eigenvalue weighted by atomic mass is 9.87. The molecule has 0 saturated carbocycles. The normalized spacial score (nSPS) is 11.4. The van der Waals surface area contributed by atoms with Crippen molar-refractivity contribution in [3.05, 3.63) is 63.6 Å². The molecule has 1 amide bonds. The number of hydrogen-bond donors (Lipinski definition) is 1. The Morgan fingerprint density at radius 1 is 1.04 bits per heavy atom. The van der Waals surface area contributed by atoms with Gasteiger partial charge in [0.15, 0.2) is 0 Å². The molecule has 0 unspecified atom stereocenters. The van der Waals surface area contributed by atoms with Gasteiger partial charge in [-0.25, -0.2) is 0 Å². The molecule has 2 aromatic rings. The third kappa shape index (κ3) is 5.73. The summed E-state index contributed by atoms with van der Waals surface area (Å²) in [7, 11) is 0. The van der Waals surface area contributed by atoms with E-state index in [0.717, 1.165) is 11.3 Å². The van der Waals surface area contributed by atoms with Crippen molar-refractivity contribution in [2.75, 3.05) is 11.1 Å². The van der Waals surface area contributed by atoms with E-state index < -0.39 is 0 Å². The zero-order valence-corrected chi connectivity index (χ0v) is 16.4. The molecule has 2 rings (SSSR count). The Bertz CT molecular complexity index is 708. The van der Waals surface area contributed by atoms with E-state index in [1.807, 2.05) is 24.3 Å². The van der Waals surface area contributed by atoms with E-state index in [1.54, 1.807) is 17.8 Å². The number of halogens is 2. The van der Waals surface area contributed by atoms with Crippen molar-refractivity contribution in [3.8, 4) is 0 Å². The van der Waals surface area contributed by atoms with E-state index in [0.29, 0.717) is 21.6 Å². The molecule has 0 saturated heterocycles. The van der Waals surface area contributed by atoms with Gasteiger partial charge in [0.1, 0.15) is 0 Å². The zero-order chi connectivity index (χ0) is 17.7. The summed E-state index contributed by atoms with van der Waals surface area (Å²) in [6.07, 6.45) is 0. The number of carbonyl (C=O) groups excluding carboxylic acids is 1. The lowest BCUT2D eigenvalue weighted by Crippen LogP contribution is -2.15. The van der Waals surface area contributed by atoms with Gasteiger partial charge in [-0.05, 0) is 40.8 Å². The summed E-state index contributed by atoms with van der Waals surface area (Å²) in [6.45, 7) is 6.50. The summed E-state index contributed by atoms with van der Waals surface area (Å²) in [5.41, 5.74) is 3.23. The van der Waals surface area contributed by atoms with E-state index in [4.69, 9.17) is 23.2 Å². The first-order valence-corrected chi connectivity index (χ1v) is 9.59. The molecule has 0 heterocycles. The lowest BCUT2D eigenvalue weighted by Gasteiger charge is -2.19. The van der Waals surface area contributed by atoms with Crippen molar-refractivity contribution < 1.29 is 4.79 Å². The van der Waals surface area contributed by atoms with Crippen LogP contribution in [0.4, 0.5) is 5.69 Å². The highest BCUT2D eigenvalue weighted by molar-refractivity contribution is 7.99. The summed E-state index contributed by atoms with van der Waals surface area (Å²) < 4.78 is 0. The molecule has 128 valence electrons. The second kappa shape index (κ2) is 8.28. The molecule has 0 atom stereocenters. The molecule has 0 aromatic heterocycles. The van der Waals surface area contributed by atoms with Crippen molar-refractivity contribution in [1.29, 1.82) is 0 Å². The molecule has 2 nitrogen and oxygen atoms in total. The van der Waals surface area contributed by atoms with Gasteiger partial charge in [-0.1, -0.05) is 62.2 Å². The fourth-order valence-corrected chi connectivity index (χ4v) is 3.24. The lowest BCUT2D eigenvalue weighted by molar-refractivity contribution is -0.113. The van der Waals surface area contributed by atoms with Crippen molar-refractivity contribution in [1.82, 2.24) is 0 Å². The summed E-state index contributed by atoms with van der Waals surface area (Å²) in [4.78, 5) is 12.0. The largest absolute Gasteiger partial charge is 0.325 e. The van der Waals surface area contributed by atoms with E-state index in [9.17, 15) is 4.79 Å². The Morgan fingerprint density at radius 3 is 2.29 bits per heavy atom. The second-order valence-corrected chi connectivity index (χ2v) is 8.42. The maximum Gasteiger partial charge on any atom is 0.234 e. The average Bonchev–Trinajstić information content (AvgIpc) is 2.50. The van der Waals surface area contributed by atoms with Crippen LogP contribution < -0.4 is 5.32 Å². The van der Waals surface area contributed by atoms with Crippen LogP contribution in [0.2, 0.25) is 10.0 Å². The molecule has 0 aliphatic rings. The number of benzene rings is 2. The van der Waals surface area contributed by atoms with Crippen LogP contribution in [0.1, 0.15) is 31.9 Å². The summed E-state index contributed by atoms with van der Waals surface area (Å²) in [6, 6.07) is 13.5. The van der Waals surface area contributed by atoms with Crippen molar-refractivity contribution in [3.63, 3.8) is 0 Å². The van der Waals surface area contributed by atoms with Gasteiger partial charge in [-0.15, -0.1) is 11.8 Å². The Morgan fingerprint density at radius 2 is 1.71 bits per heavy atom. The standard InChI is InChI=1S/C19H21Cl2NOS/c1-19(2,3)14-5-7-15(8-6-14)22-18(23)12-24-11-13-4-9-16(20)17(21)10-13/h4-10H,11-12H2,1-3H3,(H,22,23). The number of nitrogens with one attached hydrogen (secondary N) is 1. The van der Waals surface area contributed by atoms with E-state index >= 15 is 0 Å². The van der Waals surface area contributed by atoms with Crippen molar-refractivity contribution >= 4 is 46.6 Å². The van der Waals surface area contributed by atoms with Gasteiger partial charge in [0.2, 0.25) is 5.91 Å². The van der Waals surface area contributed by atoms with Crippen LogP contribution in [-0.4, -0.2) is 11.7 Å². The van der Waals surface area contributed by atoms with Crippen LogP contribution in [0.15, 0.2) is 42.5 Å². The van der Waals surface area contributed by atoms with Gasteiger partial charge in [0.25, 0.3) is 0 Å². The van der Waals surface area contributed by atoms with Gasteiger partial charge in [0.05, 0.1) is 15.8 Å². The van der Waals surface area contributed by atoms with Crippen LogP contribution in [0.3, 0.4) is 0 Å². The quantitative estimate of drug-likeness (QED) is 0.671. The fourth-order valence-electron chi connectivity index (χ4n) is 2.14. The smallest absolute Gasteiger partial charge is 0.234 e. The topological polar surface area (TPSA) is 29.1 Å². The molecular formula is C19H21Cl2NOS. The monoisotopic (exact) mass is 381 g/mol. The highest BCUT2D eigenvalue weighted by Gasteiger charge is 2.13. The predicted molar refractivity (Wildman–Crippen MR) is 106 cm³/mol. The summed E-state index contributed by atoms with van der Waals surface area (Å²) >= 11 is 13.4. The molecule has 0 aliphatic carbocycles.